The fraction of sp³-hybridized carbons (Fsp3) is 0.296. The molecule has 2 aromatic carbocycles. The van der Waals surface area contributed by atoms with Crippen molar-refractivity contribution < 1.29 is 18.0 Å². The largest absolute Gasteiger partial charge is 0.416 e. The quantitative estimate of drug-likeness (QED) is 0.202. The molecule has 1 heterocycles. The molecule has 0 fully saturated rings. The number of likely N-dealkylation sites (N-methyl/N-ethyl adjacent to an activating group) is 1. The lowest BCUT2D eigenvalue weighted by molar-refractivity contribution is -0.138. The summed E-state index contributed by atoms with van der Waals surface area (Å²) >= 11 is 0. The first-order valence-corrected chi connectivity index (χ1v) is 12.1. The van der Waals surface area contributed by atoms with Crippen LogP contribution in [0, 0.1) is 6.92 Å². The van der Waals surface area contributed by atoms with E-state index in [9.17, 15) is 18.0 Å². The van der Waals surface area contributed by atoms with E-state index in [1.807, 2.05) is 13.8 Å². The zero-order valence-electron chi connectivity index (χ0n) is 22.4. The van der Waals surface area contributed by atoms with Crippen LogP contribution in [0.4, 0.5) is 18.9 Å². The first kappa shape index (κ1) is 29.6. The van der Waals surface area contributed by atoms with Crippen molar-refractivity contribution in [1.29, 1.82) is 0 Å². The van der Waals surface area contributed by atoms with Gasteiger partial charge in [-0.1, -0.05) is 30.0 Å². The van der Waals surface area contributed by atoms with Crippen LogP contribution in [0.15, 0.2) is 60.9 Å². The molecule has 12 heteroatoms. The molecule has 5 N–H and O–H groups in total. The van der Waals surface area contributed by atoms with Crippen molar-refractivity contribution >= 4 is 17.2 Å². The Kier molecular flexibility index (Phi) is 9.28. The molecular weight excluding hydrogens is 509 g/mol. The van der Waals surface area contributed by atoms with Gasteiger partial charge in [-0.15, -0.1) is 5.10 Å². The molecule has 0 radical (unpaired) electrons. The number of nitrogens with one attached hydrogen (secondary N) is 1. The van der Waals surface area contributed by atoms with Crippen LogP contribution in [-0.2, 0) is 12.7 Å². The molecule has 1 amide bonds. The van der Waals surface area contributed by atoms with Crippen molar-refractivity contribution in [3.8, 4) is 5.69 Å². The van der Waals surface area contributed by atoms with Crippen molar-refractivity contribution in [2.75, 3.05) is 32.5 Å². The number of hydrazine groups is 1. The van der Waals surface area contributed by atoms with Gasteiger partial charge in [-0.25, -0.2) is 10.5 Å². The highest BCUT2D eigenvalue weighted by atomic mass is 19.4. The number of amides is 1. The van der Waals surface area contributed by atoms with Crippen molar-refractivity contribution in [2.45, 2.75) is 26.6 Å². The highest BCUT2D eigenvalue weighted by molar-refractivity contribution is 6.04. The maximum Gasteiger partial charge on any atom is 0.416 e. The Morgan fingerprint density at radius 2 is 1.92 bits per heavy atom. The van der Waals surface area contributed by atoms with Gasteiger partial charge in [-0.3, -0.25) is 4.79 Å². The molecular formula is C27H33F3N8O. The number of halogens is 3. The maximum atomic E-state index is 13.8. The predicted octanol–water partition coefficient (Wildman–Crippen LogP) is 3.96. The van der Waals surface area contributed by atoms with Crippen molar-refractivity contribution in [1.82, 2.24) is 24.9 Å². The Balaban J connectivity index is 1.89. The minimum Gasteiger partial charge on any atom is -0.329 e. The number of anilines is 1. The SMILES string of the molecule is C=C/C(=C(/C)N(C)N)c1cn(-c2cc(C(=O)Nc3ccc(CN(C)CCN)c(C(F)(F)F)c3)ccc2C)nn1. The molecule has 3 rings (SSSR count). The van der Waals surface area contributed by atoms with E-state index in [2.05, 4.69) is 22.2 Å². The van der Waals surface area contributed by atoms with Crippen LogP contribution < -0.4 is 16.9 Å². The Labute approximate surface area is 225 Å². The fourth-order valence-corrected chi connectivity index (χ4v) is 3.98. The van der Waals surface area contributed by atoms with Crippen LogP contribution >= 0.6 is 0 Å². The van der Waals surface area contributed by atoms with E-state index in [4.69, 9.17) is 11.6 Å². The van der Waals surface area contributed by atoms with Crippen LogP contribution in [0.25, 0.3) is 11.3 Å². The number of hydrogen-bond acceptors (Lipinski definition) is 7. The zero-order valence-corrected chi connectivity index (χ0v) is 22.4. The van der Waals surface area contributed by atoms with Gasteiger partial charge in [0.05, 0.1) is 17.4 Å². The van der Waals surface area contributed by atoms with Gasteiger partial charge in [0.2, 0.25) is 0 Å². The maximum absolute atomic E-state index is 13.8. The van der Waals surface area contributed by atoms with E-state index in [0.29, 0.717) is 30.0 Å². The summed E-state index contributed by atoms with van der Waals surface area (Å²) in [4.78, 5) is 14.7. The average Bonchev–Trinajstić information content (AvgIpc) is 3.34. The number of carbonyl (C=O) groups excluding carboxylic acids is 1. The summed E-state index contributed by atoms with van der Waals surface area (Å²) in [7, 11) is 3.39. The third kappa shape index (κ3) is 7.11. The molecule has 0 unspecified atom stereocenters. The lowest BCUT2D eigenvalue weighted by Gasteiger charge is -2.20. The third-order valence-corrected chi connectivity index (χ3v) is 6.23. The Hall–Kier alpha value is -4.00. The van der Waals surface area contributed by atoms with Crippen LogP contribution in [0.3, 0.4) is 0 Å². The third-order valence-electron chi connectivity index (χ3n) is 6.23. The second kappa shape index (κ2) is 12.2. The number of hydrogen-bond donors (Lipinski definition) is 3. The van der Waals surface area contributed by atoms with Crippen LogP contribution in [0.5, 0.6) is 0 Å². The second-order valence-corrected chi connectivity index (χ2v) is 9.21. The smallest absolute Gasteiger partial charge is 0.329 e. The van der Waals surface area contributed by atoms with E-state index >= 15 is 0 Å². The topological polar surface area (TPSA) is 118 Å². The van der Waals surface area contributed by atoms with E-state index in [-0.39, 0.29) is 23.4 Å². The Morgan fingerprint density at radius 3 is 2.54 bits per heavy atom. The lowest BCUT2D eigenvalue weighted by atomic mass is 10.0. The minimum absolute atomic E-state index is 0.0323. The number of alkyl halides is 3. The summed E-state index contributed by atoms with van der Waals surface area (Å²) in [6, 6.07) is 8.69. The van der Waals surface area contributed by atoms with E-state index in [1.165, 1.54) is 21.8 Å². The normalized spacial score (nSPS) is 12.4. The zero-order chi connectivity index (χ0) is 28.9. The summed E-state index contributed by atoms with van der Waals surface area (Å²) in [5.74, 6) is 5.28. The molecule has 0 aliphatic carbocycles. The first-order chi connectivity index (χ1) is 18.3. The number of aromatic nitrogens is 3. The molecule has 1 aromatic heterocycles. The molecule has 0 saturated heterocycles. The van der Waals surface area contributed by atoms with E-state index < -0.39 is 17.6 Å². The molecule has 0 aliphatic heterocycles. The number of aryl methyl sites for hydroxylation is 1. The molecule has 208 valence electrons. The number of rotatable bonds is 10. The molecule has 0 aliphatic rings. The standard InChI is InChI=1S/C27H33F3N8O/c1-6-22(18(3)37(5)32)24-16-38(35-34-24)25-13-19(8-7-17(25)2)26(39)33-21-10-9-20(15-36(4)12-11-31)23(14-21)27(28,29)30/h6-10,13-14,16H,1,11-12,15,31-32H2,2-5H3,(H,33,39)/b22-18+. The van der Waals surface area contributed by atoms with Gasteiger partial charge < -0.3 is 21.0 Å². The van der Waals surface area contributed by atoms with E-state index in [1.54, 1.807) is 49.5 Å². The van der Waals surface area contributed by atoms with Gasteiger partial charge in [-0.2, -0.15) is 13.2 Å². The molecule has 3 aromatic rings. The van der Waals surface area contributed by atoms with Crippen LogP contribution in [0.2, 0.25) is 0 Å². The van der Waals surface area contributed by atoms with Gasteiger partial charge in [0.25, 0.3) is 5.91 Å². The number of benzene rings is 2. The molecule has 39 heavy (non-hydrogen) atoms. The van der Waals surface area contributed by atoms with Crippen molar-refractivity contribution in [2.24, 2.45) is 11.6 Å². The molecule has 0 bridgehead atoms. The monoisotopic (exact) mass is 542 g/mol. The number of carbonyl (C=O) groups is 1. The van der Waals surface area contributed by atoms with Crippen LogP contribution in [0.1, 0.15) is 39.7 Å². The summed E-state index contributed by atoms with van der Waals surface area (Å²) in [6.07, 6.45) is -1.28. The van der Waals surface area contributed by atoms with Crippen molar-refractivity contribution in [3.63, 3.8) is 0 Å². The summed E-state index contributed by atoms with van der Waals surface area (Å²) in [5.41, 5.74) is 8.42. The van der Waals surface area contributed by atoms with Gasteiger partial charge in [0.15, 0.2) is 0 Å². The van der Waals surface area contributed by atoms with Gasteiger partial charge in [0.1, 0.15) is 5.69 Å². The number of nitrogens with two attached hydrogens (primary N) is 2. The molecule has 0 spiro atoms. The Bertz CT molecular complexity index is 1380. The van der Waals surface area contributed by atoms with E-state index in [0.717, 1.165) is 17.3 Å². The van der Waals surface area contributed by atoms with Gasteiger partial charge in [-0.05, 0) is 56.3 Å². The van der Waals surface area contributed by atoms with Crippen LogP contribution in [-0.4, -0.2) is 58.0 Å². The Morgan fingerprint density at radius 1 is 1.21 bits per heavy atom. The summed E-state index contributed by atoms with van der Waals surface area (Å²) in [6.45, 7) is 8.34. The molecule has 0 atom stereocenters. The predicted molar refractivity (Wildman–Crippen MR) is 146 cm³/mol. The van der Waals surface area contributed by atoms with Gasteiger partial charge in [0, 0.05) is 49.2 Å². The number of nitrogens with zero attached hydrogens (tertiary/aromatic N) is 5. The fourth-order valence-electron chi connectivity index (χ4n) is 3.98. The average molecular weight is 543 g/mol. The number of allylic oxidation sites excluding steroid dienone is 3. The van der Waals surface area contributed by atoms with Gasteiger partial charge >= 0.3 is 6.18 Å². The highest BCUT2D eigenvalue weighted by Gasteiger charge is 2.34. The lowest BCUT2D eigenvalue weighted by Crippen LogP contribution is -2.26. The molecule has 9 nitrogen and oxygen atoms in total. The molecule has 0 saturated carbocycles. The van der Waals surface area contributed by atoms with Crippen molar-refractivity contribution in [3.05, 3.63) is 88.9 Å². The minimum atomic E-state index is -4.59. The summed E-state index contributed by atoms with van der Waals surface area (Å²) in [5, 5.41) is 12.4. The first-order valence-electron chi connectivity index (χ1n) is 12.1. The summed E-state index contributed by atoms with van der Waals surface area (Å²) < 4.78 is 42.9. The second-order valence-electron chi connectivity index (χ2n) is 9.21. The highest BCUT2D eigenvalue weighted by Crippen LogP contribution is 2.34.